The molecule has 0 unspecified atom stereocenters. The molecule has 1 fully saturated rings. The highest BCUT2D eigenvalue weighted by molar-refractivity contribution is 7.99. The van der Waals surface area contributed by atoms with Gasteiger partial charge in [-0.15, -0.1) is 23.1 Å². The SMILES string of the molecule is C=CC(=O)N1[C@H](C)CN(c2nc(=O)n3c4c(c(-c5cc(Cl)cs5)c(C(F)(F)F)cc24)SC[C@@H](Oc2ccsn2)C3)C[C@@H]1C. The first-order chi connectivity index (χ1) is 20.5. The van der Waals surface area contributed by atoms with E-state index < -0.39 is 23.5 Å². The lowest BCUT2D eigenvalue weighted by molar-refractivity contribution is -0.137. The van der Waals surface area contributed by atoms with Crippen molar-refractivity contribution < 1.29 is 22.7 Å². The summed E-state index contributed by atoms with van der Waals surface area (Å²) in [5.74, 6) is 0.573. The number of benzene rings is 1. The zero-order valence-electron chi connectivity index (χ0n) is 22.9. The van der Waals surface area contributed by atoms with Crippen molar-refractivity contribution in [3.8, 4) is 16.3 Å². The molecule has 3 atom stereocenters. The molecule has 2 aliphatic heterocycles. The second kappa shape index (κ2) is 11.5. The monoisotopic (exact) mass is 667 g/mol. The molecule has 4 aromatic rings. The smallest absolute Gasteiger partial charge is 0.417 e. The van der Waals surface area contributed by atoms with Gasteiger partial charge in [-0.05, 0) is 43.6 Å². The zero-order chi connectivity index (χ0) is 30.6. The Balaban J connectivity index is 1.59. The van der Waals surface area contributed by atoms with Gasteiger partial charge in [-0.2, -0.15) is 22.5 Å². The van der Waals surface area contributed by atoms with E-state index in [2.05, 4.69) is 15.9 Å². The van der Waals surface area contributed by atoms with Crippen molar-refractivity contribution >= 4 is 68.9 Å². The van der Waals surface area contributed by atoms with Crippen molar-refractivity contribution in [2.45, 2.75) is 49.7 Å². The average molecular weight is 668 g/mol. The van der Waals surface area contributed by atoms with E-state index in [4.69, 9.17) is 16.3 Å². The molecular weight excluding hydrogens is 643 g/mol. The number of hydrogen-bond donors (Lipinski definition) is 0. The highest BCUT2D eigenvalue weighted by Gasteiger charge is 2.40. The maximum atomic E-state index is 14.9. The predicted molar refractivity (Wildman–Crippen MR) is 165 cm³/mol. The first kappa shape index (κ1) is 30.0. The average Bonchev–Trinajstić information content (AvgIpc) is 3.58. The van der Waals surface area contributed by atoms with Gasteiger partial charge in [-0.25, -0.2) is 4.79 Å². The molecule has 0 radical (unpaired) electrons. The number of hydrogen-bond acceptors (Lipinski definition) is 9. The van der Waals surface area contributed by atoms with Crippen molar-refractivity contribution in [3.05, 3.63) is 62.7 Å². The van der Waals surface area contributed by atoms with Crippen LogP contribution >= 0.6 is 46.2 Å². The number of halogens is 4. The maximum Gasteiger partial charge on any atom is 0.417 e. The number of carbonyl (C=O) groups is 1. The molecule has 0 bridgehead atoms. The fourth-order valence-corrected chi connectivity index (χ4v) is 8.73. The number of nitrogens with zero attached hydrogens (tertiary/aromatic N) is 5. The molecule has 3 aromatic heterocycles. The number of alkyl halides is 3. The van der Waals surface area contributed by atoms with Crippen LogP contribution in [0.2, 0.25) is 5.02 Å². The fraction of sp³-hybridized carbons (Fsp3) is 0.357. The van der Waals surface area contributed by atoms with Crippen LogP contribution in [0.15, 0.2) is 51.3 Å². The number of ether oxygens (including phenoxy) is 1. The molecule has 226 valence electrons. The van der Waals surface area contributed by atoms with Gasteiger partial charge >= 0.3 is 11.9 Å². The minimum absolute atomic E-state index is 0.0235. The highest BCUT2D eigenvalue weighted by atomic mass is 35.5. The van der Waals surface area contributed by atoms with E-state index in [1.165, 1.54) is 40.0 Å². The first-order valence-electron chi connectivity index (χ1n) is 13.3. The molecule has 1 saturated heterocycles. The summed E-state index contributed by atoms with van der Waals surface area (Å²) in [7, 11) is 0. The van der Waals surface area contributed by atoms with Gasteiger partial charge < -0.3 is 14.5 Å². The van der Waals surface area contributed by atoms with Gasteiger partial charge in [0.1, 0.15) is 11.9 Å². The number of aromatic nitrogens is 3. The van der Waals surface area contributed by atoms with Crippen LogP contribution in [0.5, 0.6) is 5.88 Å². The molecular formula is C28H25ClF3N5O3S3. The summed E-state index contributed by atoms with van der Waals surface area (Å²) in [4.78, 5) is 34.8. The Morgan fingerprint density at radius 1 is 1.21 bits per heavy atom. The minimum Gasteiger partial charge on any atom is -0.471 e. The Morgan fingerprint density at radius 3 is 2.56 bits per heavy atom. The Morgan fingerprint density at radius 2 is 1.95 bits per heavy atom. The Bertz CT molecular complexity index is 1760. The molecule has 43 heavy (non-hydrogen) atoms. The van der Waals surface area contributed by atoms with Crippen LogP contribution in [0.3, 0.4) is 0 Å². The summed E-state index contributed by atoms with van der Waals surface area (Å²) >= 11 is 9.72. The van der Waals surface area contributed by atoms with Crippen LogP contribution in [0.4, 0.5) is 19.0 Å². The summed E-state index contributed by atoms with van der Waals surface area (Å²) in [6.45, 7) is 7.91. The molecule has 5 heterocycles. The van der Waals surface area contributed by atoms with Crippen molar-refractivity contribution in [1.82, 2.24) is 18.8 Å². The van der Waals surface area contributed by atoms with Crippen molar-refractivity contribution in [2.75, 3.05) is 23.7 Å². The first-order valence-corrected chi connectivity index (χ1v) is 16.4. The van der Waals surface area contributed by atoms with Gasteiger partial charge in [0.2, 0.25) is 11.8 Å². The Labute approximate surface area is 261 Å². The largest absolute Gasteiger partial charge is 0.471 e. The number of thiophene rings is 1. The lowest BCUT2D eigenvalue weighted by atomic mass is 10.0. The summed E-state index contributed by atoms with van der Waals surface area (Å²) in [6.07, 6.45) is -4.03. The van der Waals surface area contributed by atoms with E-state index >= 15 is 0 Å². The number of anilines is 1. The van der Waals surface area contributed by atoms with Crippen LogP contribution in [-0.4, -0.2) is 61.8 Å². The van der Waals surface area contributed by atoms with E-state index in [-0.39, 0.29) is 60.1 Å². The van der Waals surface area contributed by atoms with E-state index in [0.717, 1.165) is 17.4 Å². The second-order valence-corrected chi connectivity index (χ2v) is 13.5. The molecule has 0 saturated carbocycles. The molecule has 0 N–H and O–H groups in total. The molecule has 1 aromatic carbocycles. The molecule has 6 rings (SSSR count). The van der Waals surface area contributed by atoms with Crippen molar-refractivity contribution in [3.63, 3.8) is 0 Å². The predicted octanol–water partition coefficient (Wildman–Crippen LogP) is 6.42. The summed E-state index contributed by atoms with van der Waals surface area (Å²) in [5.41, 5.74) is -1.10. The van der Waals surface area contributed by atoms with Crippen LogP contribution in [-0.2, 0) is 17.5 Å². The molecule has 0 aliphatic carbocycles. The zero-order valence-corrected chi connectivity index (χ0v) is 26.1. The van der Waals surface area contributed by atoms with E-state index in [0.29, 0.717) is 26.2 Å². The van der Waals surface area contributed by atoms with Gasteiger partial charge in [0.05, 0.1) is 22.6 Å². The Hall–Kier alpha value is -3.07. The third-order valence-electron chi connectivity index (χ3n) is 7.47. The van der Waals surface area contributed by atoms with E-state index in [1.807, 2.05) is 13.8 Å². The number of amides is 1. The summed E-state index contributed by atoms with van der Waals surface area (Å²) < 4.78 is 56.3. The van der Waals surface area contributed by atoms with Gasteiger partial charge in [0.25, 0.3) is 0 Å². The quantitative estimate of drug-likeness (QED) is 0.227. The normalized spacial score (nSPS) is 20.7. The van der Waals surface area contributed by atoms with Gasteiger partial charge in [0.15, 0.2) is 0 Å². The molecule has 8 nitrogen and oxygen atoms in total. The van der Waals surface area contributed by atoms with Gasteiger partial charge in [-0.1, -0.05) is 18.2 Å². The number of rotatable bonds is 5. The fourth-order valence-electron chi connectivity index (χ4n) is 5.83. The second-order valence-electron chi connectivity index (χ2n) is 10.4. The maximum absolute atomic E-state index is 14.9. The third-order valence-corrected chi connectivity index (χ3v) is 10.5. The molecule has 1 amide bonds. The molecule has 0 spiro atoms. The number of carbonyl (C=O) groups excluding carboxylic acids is 1. The van der Waals surface area contributed by atoms with Crippen molar-refractivity contribution in [1.29, 1.82) is 0 Å². The highest BCUT2D eigenvalue weighted by Crippen LogP contribution is 2.50. The Kier molecular flexibility index (Phi) is 7.98. The van der Waals surface area contributed by atoms with Gasteiger partial charge in [-0.3, -0.25) is 9.36 Å². The van der Waals surface area contributed by atoms with Crippen LogP contribution in [0.1, 0.15) is 19.4 Å². The topological polar surface area (TPSA) is 80.6 Å². The van der Waals surface area contributed by atoms with Crippen LogP contribution < -0.4 is 15.3 Å². The van der Waals surface area contributed by atoms with Gasteiger partial charge in [0, 0.05) is 68.5 Å². The van der Waals surface area contributed by atoms with Crippen LogP contribution in [0.25, 0.3) is 21.3 Å². The summed E-state index contributed by atoms with van der Waals surface area (Å²) in [5, 5.41) is 3.87. The lowest BCUT2D eigenvalue weighted by Crippen LogP contribution is -2.58. The molecule has 2 aliphatic rings. The van der Waals surface area contributed by atoms with E-state index in [1.54, 1.807) is 26.6 Å². The summed E-state index contributed by atoms with van der Waals surface area (Å²) in [6, 6.07) is 3.70. The standard InChI is InChI=1S/C28H25ClF3N5O3S3/c1-4-22(38)37-14(2)9-35(10-15(37)3)26-18-8-19(28(30,31)32)23(20-7-16(29)12-41-20)25-24(18)36(27(39)33-26)11-17(13-42-25)40-21-5-6-43-34-21/h4-8,12,14-15,17H,1,9-11,13H2,2-3H3/t14-,15+,17-/m0/s1. The third kappa shape index (κ3) is 5.54. The lowest BCUT2D eigenvalue weighted by Gasteiger charge is -2.44. The number of thioether (sulfide) groups is 1. The van der Waals surface area contributed by atoms with E-state index in [9.17, 15) is 22.8 Å². The van der Waals surface area contributed by atoms with Crippen LogP contribution in [0, 0.1) is 0 Å². The molecule has 15 heteroatoms. The van der Waals surface area contributed by atoms with Crippen molar-refractivity contribution in [2.24, 2.45) is 0 Å². The minimum atomic E-state index is -4.71. The number of piperazine rings is 1.